The minimum absolute atomic E-state index is 0.158. The molecule has 0 saturated heterocycles. The lowest BCUT2D eigenvalue weighted by molar-refractivity contribution is -0.119. The van der Waals surface area contributed by atoms with Crippen molar-refractivity contribution in [2.75, 3.05) is 23.8 Å². The van der Waals surface area contributed by atoms with Crippen molar-refractivity contribution in [3.05, 3.63) is 45.3 Å². The standard InChI is InChI=1S/C24H28N2O6S/c1-5-31-24(30)20-16-10-9-13(2)11-18(16)33-22(20)26-19(28)12-32-23(29)17-8-6-7-14(3)21(17)25-15(4)27/h6-8,13H,5,9-12H2,1-4H3,(H,25,27)(H,26,28). The third-order valence-corrected chi connectivity index (χ3v) is 6.54. The molecule has 1 atom stereocenters. The van der Waals surface area contributed by atoms with Crippen molar-refractivity contribution in [1.82, 2.24) is 0 Å². The van der Waals surface area contributed by atoms with Crippen LogP contribution < -0.4 is 10.6 Å². The Kier molecular flexibility index (Phi) is 7.86. The number of hydrogen-bond donors (Lipinski definition) is 2. The average Bonchev–Trinajstić information content (AvgIpc) is 3.10. The summed E-state index contributed by atoms with van der Waals surface area (Å²) in [6, 6.07) is 4.94. The Bertz CT molecular complexity index is 1090. The molecule has 1 heterocycles. The van der Waals surface area contributed by atoms with Crippen LogP contribution in [0.2, 0.25) is 0 Å². The number of rotatable bonds is 7. The monoisotopic (exact) mass is 472 g/mol. The number of aryl methyl sites for hydroxylation is 1. The van der Waals surface area contributed by atoms with Gasteiger partial charge in [0.25, 0.3) is 5.91 Å². The molecule has 33 heavy (non-hydrogen) atoms. The van der Waals surface area contributed by atoms with E-state index in [1.54, 1.807) is 26.0 Å². The summed E-state index contributed by atoms with van der Waals surface area (Å²) in [6.45, 7) is 6.69. The lowest BCUT2D eigenvalue weighted by Crippen LogP contribution is -2.23. The van der Waals surface area contributed by atoms with Crippen LogP contribution in [0.25, 0.3) is 0 Å². The first-order valence-electron chi connectivity index (χ1n) is 10.9. The summed E-state index contributed by atoms with van der Waals surface area (Å²) in [5.41, 5.74) is 2.53. The predicted octanol–water partition coefficient (Wildman–Crippen LogP) is 4.11. The molecule has 1 aromatic heterocycles. The van der Waals surface area contributed by atoms with Crippen molar-refractivity contribution in [3.8, 4) is 0 Å². The summed E-state index contributed by atoms with van der Waals surface area (Å²) in [6.07, 6.45) is 2.57. The van der Waals surface area contributed by atoms with Crippen LogP contribution in [-0.4, -0.2) is 37.0 Å². The minimum atomic E-state index is -0.734. The molecule has 176 valence electrons. The van der Waals surface area contributed by atoms with Gasteiger partial charge in [0, 0.05) is 11.8 Å². The van der Waals surface area contributed by atoms with Crippen molar-refractivity contribution in [2.24, 2.45) is 5.92 Å². The molecule has 1 unspecified atom stereocenters. The van der Waals surface area contributed by atoms with E-state index < -0.39 is 24.5 Å². The number of fused-ring (bicyclic) bond motifs is 1. The number of benzene rings is 1. The van der Waals surface area contributed by atoms with Gasteiger partial charge in [-0.25, -0.2) is 9.59 Å². The summed E-state index contributed by atoms with van der Waals surface area (Å²) in [7, 11) is 0. The van der Waals surface area contributed by atoms with Gasteiger partial charge in [-0.2, -0.15) is 0 Å². The molecule has 1 aliphatic carbocycles. The van der Waals surface area contributed by atoms with E-state index in [0.717, 1.165) is 29.7 Å². The molecular weight excluding hydrogens is 444 g/mol. The number of esters is 2. The lowest BCUT2D eigenvalue weighted by atomic mass is 9.88. The quantitative estimate of drug-likeness (QED) is 0.587. The smallest absolute Gasteiger partial charge is 0.341 e. The van der Waals surface area contributed by atoms with Crippen molar-refractivity contribution >= 4 is 45.8 Å². The zero-order chi connectivity index (χ0) is 24.1. The SMILES string of the molecule is CCOC(=O)c1c(NC(=O)COC(=O)c2cccc(C)c2NC(C)=O)sc2c1CCC(C)C2. The zero-order valence-corrected chi connectivity index (χ0v) is 20.0. The van der Waals surface area contributed by atoms with Gasteiger partial charge in [0.05, 0.1) is 23.4 Å². The summed E-state index contributed by atoms with van der Waals surface area (Å²) in [4.78, 5) is 50.3. The van der Waals surface area contributed by atoms with Crippen LogP contribution >= 0.6 is 11.3 Å². The molecule has 0 fully saturated rings. The van der Waals surface area contributed by atoms with Crippen LogP contribution in [0.4, 0.5) is 10.7 Å². The first-order valence-corrected chi connectivity index (χ1v) is 11.7. The molecule has 2 N–H and O–H groups in total. The first kappa shape index (κ1) is 24.4. The number of para-hydroxylation sites is 1. The Morgan fingerprint density at radius 2 is 1.88 bits per heavy atom. The lowest BCUT2D eigenvalue weighted by Gasteiger charge is -2.18. The molecule has 0 bridgehead atoms. The van der Waals surface area contributed by atoms with E-state index in [9.17, 15) is 19.2 Å². The molecule has 2 aromatic rings. The highest BCUT2D eigenvalue weighted by Crippen LogP contribution is 2.40. The number of carbonyl (C=O) groups excluding carboxylic acids is 4. The molecule has 0 radical (unpaired) electrons. The number of amides is 2. The molecule has 0 aliphatic heterocycles. The van der Waals surface area contributed by atoms with Crippen molar-refractivity contribution < 1.29 is 28.7 Å². The maximum atomic E-state index is 12.6. The third kappa shape index (κ3) is 5.78. The highest BCUT2D eigenvalue weighted by Gasteiger charge is 2.29. The second kappa shape index (κ2) is 10.6. The number of ether oxygens (including phenoxy) is 2. The topological polar surface area (TPSA) is 111 Å². The van der Waals surface area contributed by atoms with Gasteiger partial charge in [-0.3, -0.25) is 9.59 Å². The van der Waals surface area contributed by atoms with Gasteiger partial charge >= 0.3 is 11.9 Å². The van der Waals surface area contributed by atoms with Crippen LogP contribution in [0.1, 0.15) is 63.9 Å². The van der Waals surface area contributed by atoms with Crippen molar-refractivity contribution in [1.29, 1.82) is 0 Å². The van der Waals surface area contributed by atoms with Crippen molar-refractivity contribution in [3.63, 3.8) is 0 Å². The Morgan fingerprint density at radius 1 is 1.12 bits per heavy atom. The van der Waals surface area contributed by atoms with Gasteiger partial charge in [-0.05, 0) is 56.2 Å². The maximum Gasteiger partial charge on any atom is 0.341 e. The van der Waals surface area contributed by atoms with Gasteiger partial charge in [0.1, 0.15) is 5.00 Å². The molecule has 8 nitrogen and oxygen atoms in total. The normalized spacial score (nSPS) is 14.7. The Labute approximate surface area is 196 Å². The highest BCUT2D eigenvalue weighted by atomic mass is 32.1. The largest absolute Gasteiger partial charge is 0.462 e. The molecule has 0 saturated carbocycles. The fourth-order valence-electron chi connectivity index (χ4n) is 3.81. The number of hydrogen-bond acceptors (Lipinski definition) is 7. The molecule has 3 rings (SSSR count). The number of anilines is 2. The van der Waals surface area contributed by atoms with E-state index in [1.165, 1.54) is 24.3 Å². The van der Waals surface area contributed by atoms with Crippen LogP contribution in [0, 0.1) is 12.8 Å². The van der Waals surface area contributed by atoms with E-state index in [-0.39, 0.29) is 18.1 Å². The van der Waals surface area contributed by atoms with Gasteiger partial charge < -0.3 is 20.1 Å². The molecule has 9 heteroatoms. The number of thiophene rings is 1. The van der Waals surface area contributed by atoms with Crippen LogP contribution in [0.5, 0.6) is 0 Å². The van der Waals surface area contributed by atoms with Gasteiger partial charge in [-0.1, -0.05) is 19.1 Å². The fourth-order valence-corrected chi connectivity index (χ4v) is 5.22. The molecule has 0 spiro atoms. The van der Waals surface area contributed by atoms with E-state index >= 15 is 0 Å². The Balaban J connectivity index is 1.73. The van der Waals surface area contributed by atoms with E-state index in [4.69, 9.17) is 9.47 Å². The third-order valence-electron chi connectivity index (χ3n) is 5.37. The molecular formula is C24H28N2O6S. The van der Waals surface area contributed by atoms with Gasteiger partial charge in [-0.15, -0.1) is 11.3 Å². The Morgan fingerprint density at radius 3 is 2.58 bits per heavy atom. The predicted molar refractivity (Wildman–Crippen MR) is 126 cm³/mol. The van der Waals surface area contributed by atoms with Crippen LogP contribution in [-0.2, 0) is 31.9 Å². The van der Waals surface area contributed by atoms with Crippen LogP contribution in [0.3, 0.4) is 0 Å². The van der Waals surface area contributed by atoms with Crippen LogP contribution in [0.15, 0.2) is 18.2 Å². The Hall–Kier alpha value is -3.20. The van der Waals surface area contributed by atoms with Crippen molar-refractivity contribution in [2.45, 2.75) is 47.0 Å². The number of nitrogens with one attached hydrogen (secondary N) is 2. The van der Waals surface area contributed by atoms with E-state index in [0.29, 0.717) is 27.7 Å². The van der Waals surface area contributed by atoms with E-state index in [1.807, 2.05) is 0 Å². The van der Waals surface area contributed by atoms with Gasteiger partial charge in [0.15, 0.2) is 6.61 Å². The highest BCUT2D eigenvalue weighted by molar-refractivity contribution is 7.17. The summed E-state index contributed by atoms with van der Waals surface area (Å²) in [5.74, 6) is -1.57. The zero-order valence-electron chi connectivity index (χ0n) is 19.2. The van der Waals surface area contributed by atoms with Gasteiger partial charge in [0.2, 0.25) is 5.91 Å². The number of carbonyl (C=O) groups is 4. The molecule has 1 aromatic carbocycles. The second-order valence-corrected chi connectivity index (χ2v) is 9.18. The summed E-state index contributed by atoms with van der Waals surface area (Å²) >= 11 is 1.37. The first-order chi connectivity index (χ1) is 15.7. The average molecular weight is 473 g/mol. The molecule has 2 amide bonds. The summed E-state index contributed by atoms with van der Waals surface area (Å²) < 4.78 is 10.4. The molecule has 1 aliphatic rings. The second-order valence-electron chi connectivity index (χ2n) is 8.08. The van der Waals surface area contributed by atoms with E-state index in [2.05, 4.69) is 17.6 Å². The minimum Gasteiger partial charge on any atom is -0.462 e. The fraction of sp³-hybridized carbons (Fsp3) is 0.417. The maximum absolute atomic E-state index is 12.6. The summed E-state index contributed by atoms with van der Waals surface area (Å²) in [5, 5.41) is 5.76.